The number of aryl methyl sites for hydroxylation is 2. The van der Waals surface area contributed by atoms with E-state index in [1.54, 1.807) is 0 Å². The first-order valence-corrected chi connectivity index (χ1v) is 9.36. The molecule has 0 spiro atoms. The number of hydrogen-bond acceptors (Lipinski definition) is 3. The van der Waals surface area contributed by atoms with Crippen LogP contribution in [0, 0.1) is 13.8 Å². The molecule has 3 rings (SSSR count). The van der Waals surface area contributed by atoms with Gasteiger partial charge in [0.25, 0.3) is 0 Å². The van der Waals surface area contributed by atoms with E-state index >= 15 is 0 Å². The van der Waals surface area contributed by atoms with Crippen LogP contribution in [0.1, 0.15) is 22.3 Å². The van der Waals surface area contributed by atoms with Gasteiger partial charge in [0.1, 0.15) is 0 Å². The number of likely N-dealkylation sites (N-methyl/N-ethyl adjacent to an activating group) is 1. The Labute approximate surface area is 156 Å². The van der Waals surface area contributed by atoms with Crippen LogP contribution in [0.2, 0.25) is 0 Å². The second-order valence-electron chi connectivity index (χ2n) is 7.34. The molecular formula is C22H29N3O. The van der Waals surface area contributed by atoms with Gasteiger partial charge in [0.05, 0.1) is 6.42 Å². The smallest absolute Gasteiger partial charge is 0.224 e. The average molecular weight is 351 g/mol. The van der Waals surface area contributed by atoms with Crippen LogP contribution in [-0.2, 0) is 17.8 Å². The van der Waals surface area contributed by atoms with Crippen molar-refractivity contribution in [2.75, 3.05) is 38.1 Å². The van der Waals surface area contributed by atoms with E-state index in [9.17, 15) is 4.79 Å². The highest BCUT2D eigenvalue weighted by atomic mass is 16.1. The summed E-state index contributed by atoms with van der Waals surface area (Å²) in [5.41, 5.74) is 5.87. The molecule has 26 heavy (non-hydrogen) atoms. The molecule has 2 aromatic carbocycles. The Bertz CT molecular complexity index is 746. The molecule has 4 heteroatoms. The van der Waals surface area contributed by atoms with E-state index in [2.05, 4.69) is 78.5 Å². The fourth-order valence-corrected chi connectivity index (χ4v) is 3.32. The number of nitrogens with zero attached hydrogens (tertiary/aromatic N) is 2. The van der Waals surface area contributed by atoms with Gasteiger partial charge < -0.3 is 15.1 Å². The van der Waals surface area contributed by atoms with Crippen LogP contribution in [0.3, 0.4) is 0 Å². The first-order chi connectivity index (χ1) is 12.5. The van der Waals surface area contributed by atoms with Gasteiger partial charge in [-0.1, -0.05) is 35.9 Å². The van der Waals surface area contributed by atoms with Gasteiger partial charge in [-0.2, -0.15) is 0 Å². The predicted octanol–water partition coefficient (Wildman–Crippen LogP) is 2.91. The fraction of sp³-hybridized carbons (Fsp3) is 0.409. The highest BCUT2D eigenvalue weighted by Crippen LogP contribution is 2.17. The van der Waals surface area contributed by atoms with Gasteiger partial charge >= 0.3 is 0 Å². The third-order valence-electron chi connectivity index (χ3n) is 5.15. The molecule has 0 saturated carbocycles. The Balaban J connectivity index is 1.51. The minimum atomic E-state index is 0.0712. The second-order valence-corrected chi connectivity index (χ2v) is 7.34. The number of nitrogens with one attached hydrogen (secondary N) is 1. The van der Waals surface area contributed by atoms with E-state index in [0.29, 0.717) is 13.0 Å². The summed E-state index contributed by atoms with van der Waals surface area (Å²) in [6, 6.07) is 14.8. The largest absolute Gasteiger partial charge is 0.369 e. The van der Waals surface area contributed by atoms with Gasteiger partial charge in [0, 0.05) is 38.4 Å². The van der Waals surface area contributed by atoms with Gasteiger partial charge in [-0.25, -0.2) is 0 Å². The summed E-state index contributed by atoms with van der Waals surface area (Å²) in [5, 5.41) is 3.04. The Hall–Kier alpha value is -2.33. The van der Waals surface area contributed by atoms with E-state index in [1.165, 1.54) is 16.8 Å². The second kappa shape index (κ2) is 8.37. The molecule has 1 fully saturated rings. The Kier molecular flexibility index (Phi) is 5.94. The van der Waals surface area contributed by atoms with E-state index < -0.39 is 0 Å². The Morgan fingerprint density at radius 3 is 2.38 bits per heavy atom. The van der Waals surface area contributed by atoms with Crippen molar-refractivity contribution in [1.29, 1.82) is 0 Å². The molecule has 1 aliphatic heterocycles. The van der Waals surface area contributed by atoms with Gasteiger partial charge in [-0.15, -0.1) is 0 Å². The first-order valence-electron chi connectivity index (χ1n) is 9.36. The van der Waals surface area contributed by atoms with Crippen molar-refractivity contribution in [1.82, 2.24) is 10.2 Å². The number of piperazine rings is 1. The summed E-state index contributed by atoms with van der Waals surface area (Å²) in [6.45, 7) is 9.05. The molecule has 2 aromatic rings. The molecule has 1 saturated heterocycles. The Morgan fingerprint density at radius 2 is 1.69 bits per heavy atom. The van der Waals surface area contributed by atoms with Crippen LogP contribution in [0.15, 0.2) is 42.5 Å². The van der Waals surface area contributed by atoms with Crippen LogP contribution in [-0.4, -0.2) is 44.0 Å². The maximum absolute atomic E-state index is 12.3. The number of carbonyl (C=O) groups is 1. The average Bonchev–Trinajstić information content (AvgIpc) is 2.64. The van der Waals surface area contributed by atoms with Crippen LogP contribution < -0.4 is 10.2 Å². The van der Waals surface area contributed by atoms with Gasteiger partial charge in [0.2, 0.25) is 5.91 Å². The number of anilines is 1. The van der Waals surface area contributed by atoms with Crippen molar-refractivity contribution in [3.63, 3.8) is 0 Å². The van der Waals surface area contributed by atoms with Crippen molar-refractivity contribution >= 4 is 11.6 Å². The van der Waals surface area contributed by atoms with Gasteiger partial charge in [-0.05, 0) is 49.7 Å². The molecule has 1 aliphatic rings. The van der Waals surface area contributed by atoms with Crippen molar-refractivity contribution in [3.05, 3.63) is 64.7 Å². The van der Waals surface area contributed by atoms with E-state index in [1.807, 2.05) is 0 Å². The Morgan fingerprint density at radius 1 is 1.00 bits per heavy atom. The number of amides is 1. The molecule has 4 nitrogen and oxygen atoms in total. The molecule has 138 valence electrons. The number of benzene rings is 2. The molecule has 0 atom stereocenters. The summed E-state index contributed by atoms with van der Waals surface area (Å²) in [5.74, 6) is 0.0712. The number of hydrogen-bond donors (Lipinski definition) is 1. The molecule has 0 aliphatic carbocycles. The quantitative estimate of drug-likeness (QED) is 0.900. The SMILES string of the molecule is Cc1ccc(C)c(CC(=O)NCc2ccc(N3CCN(C)CC3)cc2)c1. The van der Waals surface area contributed by atoms with Crippen LogP contribution in [0.4, 0.5) is 5.69 Å². The minimum absolute atomic E-state index is 0.0712. The standard InChI is InChI=1S/C22H29N3O/c1-17-4-5-18(2)20(14-17)15-22(26)23-16-19-6-8-21(9-7-19)25-12-10-24(3)11-13-25/h4-9,14H,10-13,15-16H2,1-3H3,(H,23,26). The maximum Gasteiger partial charge on any atom is 0.224 e. The normalized spacial score (nSPS) is 15.1. The lowest BCUT2D eigenvalue weighted by molar-refractivity contribution is -0.120. The lowest BCUT2D eigenvalue weighted by Gasteiger charge is -2.34. The fourth-order valence-electron chi connectivity index (χ4n) is 3.32. The third-order valence-corrected chi connectivity index (χ3v) is 5.15. The third kappa shape index (κ3) is 4.85. The zero-order chi connectivity index (χ0) is 18.5. The highest BCUT2D eigenvalue weighted by molar-refractivity contribution is 5.79. The molecule has 1 N–H and O–H groups in total. The van der Waals surface area contributed by atoms with E-state index in [4.69, 9.17) is 0 Å². The lowest BCUT2D eigenvalue weighted by atomic mass is 10.0. The molecule has 0 bridgehead atoms. The van der Waals surface area contributed by atoms with Crippen molar-refractivity contribution < 1.29 is 4.79 Å². The maximum atomic E-state index is 12.3. The molecule has 1 heterocycles. The number of rotatable bonds is 5. The molecule has 0 unspecified atom stereocenters. The van der Waals surface area contributed by atoms with Crippen molar-refractivity contribution in [2.24, 2.45) is 0 Å². The predicted molar refractivity (Wildman–Crippen MR) is 108 cm³/mol. The monoisotopic (exact) mass is 351 g/mol. The molecule has 1 amide bonds. The summed E-state index contributed by atoms with van der Waals surface area (Å²) < 4.78 is 0. The summed E-state index contributed by atoms with van der Waals surface area (Å²) in [7, 11) is 2.17. The highest BCUT2D eigenvalue weighted by Gasteiger charge is 2.14. The van der Waals surface area contributed by atoms with E-state index in [0.717, 1.165) is 37.3 Å². The molecule has 0 aromatic heterocycles. The van der Waals surface area contributed by atoms with Crippen LogP contribution in [0.25, 0.3) is 0 Å². The summed E-state index contributed by atoms with van der Waals surface area (Å²) >= 11 is 0. The van der Waals surface area contributed by atoms with Crippen molar-refractivity contribution in [2.45, 2.75) is 26.8 Å². The van der Waals surface area contributed by atoms with Crippen molar-refractivity contribution in [3.8, 4) is 0 Å². The van der Waals surface area contributed by atoms with Gasteiger partial charge in [0.15, 0.2) is 0 Å². The zero-order valence-electron chi connectivity index (χ0n) is 16.1. The molecule has 0 radical (unpaired) electrons. The van der Waals surface area contributed by atoms with Crippen LogP contribution >= 0.6 is 0 Å². The van der Waals surface area contributed by atoms with E-state index in [-0.39, 0.29) is 5.91 Å². The lowest BCUT2D eigenvalue weighted by Crippen LogP contribution is -2.44. The summed E-state index contributed by atoms with van der Waals surface area (Å²) in [6.07, 6.45) is 0.437. The first kappa shape index (κ1) is 18.5. The summed E-state index contributed by atoms with van der Waals surface area (Å²) in [4.78, 5) is 17.0. The minimum Gasteiger partial charge on any atom is -0.369 e. The molecular weight excluding hydrogens is 322 g/mol. The van der Waals surface area contributed by atoms with Gasteiger partial charge in [-0.3, -0.25) is 4.79 Å². The zero-order valence-corrected chi connectivity index (χ0v) is 16.1. The number of carbonyl (C=O) groups excluding carboxylic acids is 1. The van der Waals surface area contributed by atoms with Crippen LogP contribution in [0.5, 0.6) is 0 Å². The topological polar surface area (TPSA) is 35.6 Å².